The Labute approximate surface area is 110 Å². The number of piperidine rings is 1. The van der Waals surface area contributed by atoms with E-state index in [1.54, 1.807) is 0 Å². The van der Waals surface area contributed by atoms with E-state index in [1.165, 1.54) is 43.6 Å². The molecule has 17 heavy (non-hydrogen) atoms. The summed E-state index contributed by atoms with van der Waals surface area (Å²) in [6.45, 7) is 6.02. The number of hydrogen-bond donors (Lipinski definition) is 1. The molecule has 1 aromatic rings. The average molecular weight is 253 g/mol. The second kappa shape index (κ2) is 5.85. The fourth-order valence-corrected chi connectivity index (χ4v) is 2.98. The highest BCUT2D eigenvalue weighted by atomic mass is 35.5. The minimum absolute atomic E-state index is 0. The van der Waals surface area contributed by atoms with Crippen LogP contribution in [0, 0.1) is 5.92 Å². The van der Waals surface area contributed by atoms with Crippen LogP contribution in [-0.4, -0.2) is 24.5 Å². The van der Waals surface area contributed by atoms with Gasteiger partial charge in [0, 0.05) is 19.6 Å². The van der Waals surface area contributed by atoms with Crippen LogP contribution in [0.2, 0.25) is 0 Å². The summed E-state index contributed by atoms with van der Waals surface area (Å²) >= 11 is 0. The van der Waals surface area contributed by atoms with E-state index in [4.69, 9.17) is 0 Å². The maximum absolute atomic E-state index is 3.50. The summed E-state index contributed by atoms with van der Waals surface area (Å²) in [6, 6.07) is 8.86. The van der Waals surface area contributed by atoms with E-state index in [0.717, 1.165) is 19.0 Å². The molecular weight excluding hydrogens is 232 g/mol. The van der Waals surface area contributed by atoms with Crippen LogP contribution in [0.25, 0.3) is 0 Å². The Morgan fingerprint density at radius 1 is 1.18 bits per heavy atom. The van der Waals surface area contributed by atoms with Gasteiger partial charge in [-0.05, 0) is 43.0 Å². The van der Waals surface area contributed by atoms with Crippen molar-refractivity contribution >= 4 is 12.4 Å². The third-order valence-electron chi connectivity index (χ3n) is 3.82. The van der Waals surface area contributed by atoms with Gasteiger partial charge in [0.2, 0.25) is 0 Å². The maximum Gasteiger partial charge on any atom is 0.0240 e. The van der Waals surface area contributed by atoms with E-state index in [9.17, 15) is 0 Å². The first-order chi connectivity index (χ1) is 7.92. The third-order valence-corrected chi connectivity index (χ3v) is 3.82. The number of hydrogen-bond acceptors (Lipinski definition) is 2. The molecule has 1 N–H and O–H groups in total. The van der Waals surface area contributed by atoms with Crippen molar-refractivity contribution in [3.8, 4) is 0 Å². The van der Waals surface area contributed by atoms with Crippen LogP contribution in [0.4, 0.5) is 0 Å². The molecule has 1 unspecified atom stereocenters. The molecule has 3 heteroatoms. The zero-order chi connectivity index (χ0) is 10.8. The van der Waals surface area contributed by atoms with Gasteiger partial charge in [-0.3, -0.25) is 4.90 Å². The zero-order valence-corrected chi connectivity index (χ0v) is 11.0. The molecule has 94 valence electrons. The molecule has 0 aromatic heterocycles. The Morgan fingerprint density at radius 2 is 1.88 bits per heavy atom. The topological polar surface area (TPSA) is 15.3 Å². The van der Waals surface area contributed by atoms with E-state index in [-0.39, 0.29) is 12.4 Å². The fourth-order valence-electron chi connectivity index (χ4n) is 2.98. The van der Waals surface area contributed by atoms with E-state index < -0.39 is 0 Å². The normalized spacial score (nSPS) is 24.1. The first kappa shape index (κ1) is 12.9. The van der Waals surface area contributed by atoms with Crippen LogP contribution >= 0.6 is 12.4 Å². The number of nitrogens with zero attached hydrogens (tertiary/aromatic N) is 1. The SMILES string of the molecule is Cl.c1ccc2c(c1)CN(CC1CCCNC1)C2. The van der Waals surface area contributed by atoms with Crippen molar-refractivity contribution in [3.63, 3.8) is 0 Å². The monoisotopic (exact) mass is 252 g/mol. The summed E-state index contributed by atoms with van der Waals surface area (Å²) in [5.74, 6) is 0.864. The van der Waals surface area contributed by atoms with Gasteiger partial charge in [-0.15, -0.1) is 12.4 Å². The molecule has 1 saturated heterocycles. The molecule has 0 bridgehead atoms. The number of benzene rings is 1. The second-order valence-electron chi connectivity index (χ2n) is 5.15. The largest absolute Gasteiger partial charge is 0.316 e. The number of fused-ring (bicyclic) bond motifs is 1. The lowest BCUT2D eigenvalue weighted by Gasteiger charge is -2.27. The molecule has 1 fully saturated rings. The fraction of sp³-hybridized carbons (Fsp3) is 0.571. The highest BCUT2D eigenvalue weighted by molar-refractivity contribution is 5.85. The standard InChI is InChI=1S/C14H20N2.ClH/c1-2-6-14-11-16(10-13(14)5-1)9-12-4-3-7-15-8-12;/h1-2,5-6,12,15H,3-4,7-11H2;1H. The molecule has 2 aliphatic heterocycles. The van der Waals surface area contributed by atoms with E-state index >= 15 is 0 Å². The van der Waals surface area contributed by atoms with Crippen molar-refractivity contribution in [2.75, 3.05) is 19.6 Å². The molecule has 0 radical (unpaired) electrons. The summed E-state index contributed by atoms with van der Waals surface area (Å²) in [4.78, 5) is 2.60. The van der Waals surface area contributed by atoms with Crippen molar-refractivity contribution in [1.82, 2.24) is 10.2 Å². The Kier molecular flexibility index (Phi) is 4.43. The lowest BCUT2D eigenvalue weighted by molar-refractivity contribution is 0.211. The van der Waals surface area contributed by atoms with Crippen LogP contribution < -0.4 is 5.32 Å². The Morgan fingerprint density at radius 3 is 2.47 bits per heavy atom. The molecule has 0 saturated carbocycles. The molecule has 2 heterocycles. The summed E-state index contributed by atoms with van der Waals surface area (Å²) in [5.41, 5.74) is 3.07. The molecule has 3 rings (SSSR count). The molecule has 2 aliphatic rings. The Bertz CT molecular complexity index is 336. The molecule has 1 aromatic carbocycles. The number of nitrogens with one attached hydrogen (secondary N) is 1. The zero-order valence-electron chi connectivity index (χ0n) is 10.2. The summed E-state index contributed by atoms with van der Waals surface area (Å²) < 4.78 is 0. The van der Waals surface area contributed by atoms with E-state index in [1.807, 2.05) is 0 Å². The molecule has 1 atom stereocenters. The maximum atomic E-state index is 3.50. The van der Waals surface area contributed by atoms with Crippen molar-refractivity contribution < 1.29 is 0 Å². The minimum Gasteiger partial charge on any atom is -0.316 e. The minimum atomic E-state index is 0. The van der Waals surface area contributed by atoms with Gasteiger partial charge in [-0.25, -0.2) is 0 Å². The summed E-state index contributed by atoms with van der Waals surface area (Å²) in [6.07, 6.45) is 2.76. The van der Waals surface area contributed by atoms with Crippen LogP contribution in [0.15, 0.2) is 24.3 Å². The van der Waals surface area contributed by atoms with Crippen molar-refractivity contribution in [2.24, 2.45) is 5.92 Å². The molecule has 0 amide bonds. The second-order valence-corrected chi connectivity index (χ2v) is 5.15. The van der Waals surface area contributed by atoms with Crippen molar-refractivity contribution in [2.45, 2.75) is 25.9 Å². The lowest BCUT2D eigenvalue weighted by atomic mass is 9.99. The van der Waals surface area contributed by atoms with Gasteiger partial charge in [0.15, 0.2) is 0 Å². The Balaban J connectivity index is 0.00000108. The predicted octanol–water partition coefficient (Wildman–Crippen LogP) is 2.42. The smallest absolute Gasteiger partial charge is 0.0240 e. The molecular formula is C14H21ClN2. The van der Waals surface area contributed by atoms with Gasteiger partial charge in [-0.2, -0.15) is 0 Å². The van der Waals surface area contributed by atoms with Crippen LogP contribution in [0.3, 0.4) is 0 Å². The lowest BCUT2D eigenvalue weighted by Crippen LogP contribution is -2.36. The van der Waals surface area contributed by atoms with Crippen LogP contribution in [0.1, 0.15) is 24.0 Å². The highest BCUT2D eigenvalue weighted by Crippen LogP contribution is 2.24. The van der Waals surface area contributed by atoms with E-state index in [2.05, 4.69) is 34.5 Å². The third kappa shape index (κ3) is 3.01. The Hall–Kier alpha value is -0.570. The molecule has 2 nitrogen and oxygen atoms in total. The first-order valence-electron chi connectivity index (χ1n) is 6.41. The van der Waals surface area contributed by atoms with Crippen LogP contribution in [-0.2, 0) is 13.1 Å². The highest BCUT2D eigenvalue weighted by Gasteiger charge is 2.22. The molecule has 0 aliphatic carbocycles. The summed E-state index contributed by atoms with van der Waals surface area (Å²) in [7, 11) is 0. The van der Waals surface area contributed by atoms with Crippen LogP contribution in [0.5, 0.6) is 0 Å². The van der Waals surface area contributed by atoms with Gasteiger partial charge in [0.1, 0.15) is 0 Å². The predicted molar refractivity (Wildman–Crippen MR) is 73.4 cm³/mol. The van der Waals surface area contributed by atoms with Gasteiger partial charge < -0.3 is 5.32 Å². The van der Waals surface area contributed by atoms with Crippen molar-refractivity contribution in [3.05, 3.63) is 35.4 Å². The quantitative estimate of drug-likeness (QED) is 0.870. The van der Waals surface area contributed by atoms with E-state index in [0.29, 0.717) is 0 Å². The summed E-state index contributed by atoms with van der Waals surface area (Å²) in [5, 5.41) is 3.50. The van der Waals surface area contributed by atoms with Gasteiger partial charge in [0.25, 0.3) is 0 Å². The number of rotatable bonds is 2. The van der Waals surface area contributed by atoms with Gasteiger partial charge in [-0.1, -0.05) is 24.3 Å². The van der Waals surface area contributed by atoms with Gasteiger partial charge >= 0.3 is 0 Å². The van der Waals surface area contributed by atoms with Gasteiger partial charge in [0.05, 0.1) is 0 Å². The number of halogens is 1. The van der Waals surface area contributed by atoms with Crippen molar-refractivity contribution in [1.29, 1.82) is 0 Å². The first-order valence-corrected chi connectivity index (χ1v) is 6.41. The average Bonchev–Trinajstić information content (AvgIpc) is 2.72. The molecule has 0 spiro atoms.